The number of hydrogen-bond acceptors (Lipinski definition) is 3. The van der Waals surface area contributed by atoms with Crippen LogP contribution in [-0.2, 0) is 13.6 Å². The van der Waals surface area contributed by atoms with Crippen LogP contribution in [0, 0.1) is 12.8 Å². The van der Waals surface area contributed by atoms with E-state index < -0.39 is 0 Å². The lowest BCUT2D eigenvalue weighted by atomic mass is 10.0. The van der Waals surface area contributed by atoms with Crippen molar-refractivity contribution in [3.05, 3.63) is 11.3 Å². The Bertz CT molecular complexity index is 379. The molecule has 4 heteroatoms. The van der Waals surface area contributed by atoms with E-state index in [-0.39, 0.29) is 0 Å². The molecule has 0 saturated heterocycles. The standard InChI is InChI=1S/C14H25N3O/c1-11-13(9-15)14(17(2)16-11)18-10-12-7-5-3-4-6-8-12/h12H,3-10,15H2,1-2H3. The predicted molar refractivity (Wildman–Crippen MR) is 72.5 cm³/mol. The van der Waals surface area contributed by atoms with Gasteiger partial charge in [0.1, 0.15) is 0 Å². The Labute approximate surface area is 110 Å². The van der Waals surface area contributed by atoms with Gasteiger partial charge in [0.2, 0.25) is 5.88 Å². The molecular weight excluding hydrogens is 226 g/mol. The van der Waals surface area contributed by atoms with Gasteiger partial charge in [-0.3, -0.25) is 0 Å². The van der Waals surface area contributed by atoms with Crippen LogP contribution in [0.3, 0.4) is 0 Å². The van der Waals surface area contributed by atoms with Crippen molar-refractivity contribution in [2.24, 2.45) is 18.7 Å². The van der Waals surface area contributed by atoms with Gasteiger partial charge in [-0.1, -0.05) is 25.7 Å². The molecule has 1 aromatic rings. The molecule has 1 aliphatic rings. The van der Waals surface area contributed by atoms with E-state index in [1.54, 1.807) is 0 Å². The zero-order valence-electron chi connectivity index (χ0n) is 11.6. The van der Waals surface area contributed by atoms with Crippen LogP contribution in [0.5, 0.6) is 5.88 Å². The lowest BCUT2D eigenvalue weighted by Gasteiger charge is -2.15. The second-order valence-corrected chi connectivity index (χ2v) is 5.37. The Hall–Kier alpha value is -1.03. The van der Waals surface area contributed by atoms with Crippen LogP contribution in [0.1, 0.15) is 49.8 Å². The maximum absolute atomic E-state index is 6.00. The largest absolute Gasteiger partial charge is 0.477 e. The first-order valence-corrected chi connectivity index (χ1v) is 7.07. The number of rotatable bonds is 4. The molecule has 1 saturated carbocycles. The van der Waals surface area contributed by atoms with Crippen LogP contribution >= 0.6 is 0 Å². The van der Waals surface area contributed by atoms with Crippen LogP contribution in [0.4, 0.5) is 0 Å². The fourth-order valence-electron chi connectivity index (χ4n) is 2.82. The fourth-order valence-corrected chi connectivity index (χ4v) is 2.82. The molecule has 0 atom stereocenters. The first-order valence-electron chi connectivity index (χ1n) is 7.07. The van der Waals surface area contributed by atoms with Gasteiger partial charge in [-0.05, 0) is 25.7 Å². The van der Waals surface area contributed by atoms with Crippen molar-refractivity contribution in [2.45, 2.75) is 52.0 Å². The zero-order chi connectivity index (χ0) is 13.0. The molecule has 1 aliphatic carbocycles. The lowest BCUT2D eigenvalue weighted by molar-refractivity contribution is 0.216. The van der Waals surface area contributed by atoms with Crippen molar-refractivity contribution in [1.82, 2.24) is 9.78 Å². The van der Waals surface area contributed by atoms with Crippen LogP contribution in [0.25, 0.3) is 0 Å². The van der Waals surface area contributed by atoms with Gasteiger partial charge in [0.05, 0.1) is 17.9 Å². The molecule has 4 nitrogen and oxygen atoms in total. The van der Waals surface area contributed by atoms with Gasteiger partial charge < -0.3 is 10.5 Å². The lowest BCUT2D eigenvalue weighted by Crippen LogP contribution is -2.14. The predicted octanol–water partition coefficient (Wildman–Crippen LogP) is 2.54. The Morgan fingerprint density at radius 2 is 1.94 bits per heavy atom. The minimum Gasteiger partial charge on any atom is -0.477 e. The molecule has 1 heterocycles. The number of aromatic nitrogens is 2. The van der Waals surface area contributed by atoms with E-state index in [1.807, 2.05) is 18.7 Å². The molecule has 2 N–H and O–H groups in total. The number of nitrogens with zero attached hydrogens (tertiary/aromatic N) is 2. The number of hydrogen-bond donors (Lipinski definition) is 1. The summed E-state index contributed by atoms with van der Waals surface area (Å²) < 4.78 is 7.81. The molecule has 0 amide bonds. The molecule has 0 aliphatic heterocycles. The van der Waals surface area contributed by atoms with Gasteiger partial charge in [-0.2, -0.15) is 5.10 Å². The van der Waals surface area contributed by atoms with Crippen LogP contribution in [-0.4, -0.2) is 16.4 Å². The van der Waals surface area contributed by atoms with Gasteiger partial charge in [0.25, 0.3) is 0 Å². The van der Waals surface area contributed by atoms with Crippen molar-refractivity contribution in [3.8, 4) is 5.88 Å². The zero-order valence-corrected chi connectivity index (χ0v) is 11.6. The summed E-state index contributed by atoms with van der Waals surface area (Å²) in [5, 5.41) is 4.38. The quantitative estimate of drug-likeness (QED) is 0.837. The molecule has 18 heavy (non-hydrogen) atoms. The molecule has 1 fully saturated rings. The molecule has 0 radical (unpaired) electrons. The average Bonchev–Trinajstić information content (AvgIpc) is 2.56. The number of ether oxygens (including phenoxy) is 1. The summed E-state index contributed by atoms with van der Waals surface area (Å²) in [5.74, 6) is 1.56. The van der Waals surface area contributed by atoms with E-state index in [2.05, 4.69) is 5.10 Å². The number of nitrogens with two attached hydrogens (primary N) is 1. The van der Waals surface area contributed by atoms with Gasteiger partial charge in [-0.15, -0.1) is 0 Å². The van der Waals surface area contributed by atoms with Crippen molar-refractivity contribution < 1.29 is 4.74 Å². The van der Waals surface area contributed by atoms with Crippen LogP contribution < -0.4 is 10.5 Å². The maximum atomic E-state index is 6.00. The van der Waals surface area contributed by atoms with Gasteiger partial charge in [0, 0.05) is 13.6 Å². The van der Waals surface area contributed by atoms with E-state index in [4.69, 9.17) is 10.5 Å². The van der Waals surface area contributed by atoms with Crippen molar-refractivity contribution in [1.29, 1.82) is 0 Å². The highest BCUT2D eigenvalue weighted by atomic mass is 16.5. The summed E-state index contributed by atoms with van der Waals surface area (Å²) in [5.41, 5.74) is 7.79. The minimum absolute atomic E-state index is 0.500. The van der Waals surface area contributed by atoms with Crippen molar-refractivity contribution in [3.63, 3.8) is 0 Å². The summed E-state index contributed by atoms with van der Waals surface area (Å²) in [4.78, 5) is 0. The first kappa shape index (κ1) is 13.4. The molecular formula is C14H25N3O. The molecule has 0 unspecified atom stereocenters. The molecule has 1 aromatic heterocycles. The smallest absolute Gasteiger partial charge is 0.216 e. The van der Waals surface area contributed by atoms with Crippen LogP contribution in [0.2, 0.25) is 0 Å². The maximum Gasteiger partial charge on any atom is 0.216 e. The van der Waals surface area contributed by atoms with E-state index in [0.29, 0.717) is 12.5 Å². The third-order valence-electron chi connectivity index (χ3n) is 3.92. The van der Waals surface area contributed by atoms with Crippen molar-refractivity contribution in [2.75, 3.05) is 6.61 Å². The minimum atomic E-state index is 0.500. The second-order valence-electron chi connectivity index (χ2n) is 5.37. The summed E-state index contributed by atoms with van der Waals surface area (Å²) in [6.45, 7) is 3.30. The third kappa shape index (κ3) is 3.05. The third-order valence-corrected chi connectivity index (χ3v) is 3.92. The second kappa shape index (κ2) is 6.23. The fraction of sp³-hybridized carbons (Fsp3) is 0.786. The average molecular weight is 251 g/mol. The van der Waals surface area contributed by atoms with E-state index in [1.165, 1.54) is 38.5 Å². The highest BCUT2D eigenvalue weighted by Crippen LogP contribution is 2.26. The number of aryl methyl sites for hydroxylation is 2. The topological polar surface area (TPSA) is 53.1 Å². The summed E-state index contributed by atoms with van der Waals surface area (Å²) in [6.07, 6.45) is 8.07. The van der Waals surface area contributed by atoms with Gasteiger partial charge in [-0.25, -0.2) is 4.68 Å². The van der Waals surface area contributed by atoms with E-state index >= 15 is 0 Å². The van der Waals surface area contributed by atoms with Crippen molar-refractivity contribution >= 4 is 0 Å². The Morgan fingerprint density at radius 3 is 2.56 bits per heavy atom. The Morgan fingerprint density at radius 1 is 1.28 bits per heavy atom. The summed E-state index contributed by atoms with van der Waals surface area (Å²) in [7, 11) is 1.93. The van der Waals surface area contributed by atoms with E-state index in [9.17, 15) is 0 Å². The highest BCUT2D eigenvalue weighted by molar-refractivity contribution is 5.30. The molecule has 2 rings (SSSR count). The molecule has 102 valence electrons. The van der Waals surface area contributed by atoms with E-state index in [0.717, 1.165) is 23.7 Å². The summed E-state index contributed by atoms with van der Waals surface area (Å²) >= 11 is 0. The SMILES string of the molecule is Cc1nn(C)c(OCC2CCCCCC2)c1CN. The Balaban J connectivity index is 1.96. The molecule has 0 bridgehead atoms. The first-order chi connectivity index (χ1) is 8.72. The molecule has 0 aromatic carbocycles. The van der Waals surface area contributed by atoms with Crippen LogP contribution in [0.15, 0.2) is 0 Å². The monoisotopic (exact) mass is 251 g/mol. The highest BCUT2D eigenvalue weighted by Gasteiger charge is 2.17. The molecule has 0 spiro atoms. The van der Waals surface area contributed by atoms with Gasteiger partial charge >= 0.3 is 0 Å². The normalized spacial score (nSPS) is 17.7. The Kier molecular flexibility index (Phi) is 4.64. The summed E-state index contributed by atoms with van der Waals surface area (Å²) in [6, 6.07) is 0. The van der Waals surface area contributed by atoms with Gasteiger partial charge in [0.15, 0.2) is 0 Å².